The standard InChI is InChI=1S/C12H13NO4/c1-13-7-8-3-4-10(16-2)9(5-6-14)11(8)17-12(13)15/h3-4,6H,5,7H2,1-2H3. The lowest BCUT2D eigenvalue weighted by Gasteiger charge is -2.26. The molecular weight excluding hydrogens is 222 g/mol. The lowest BCUT2D eigenvalue weighted by atomic mass is 10.0. The van der Waals surface area contributed by atoms with Crippen molar-refractivity contribution < 1.29 is 19.1 Å². The third kappa shape index (κ3) is 1.95. The molecule has 0 N–H and O–H groups in total. The topological polar surface area (TPSA) is 55.8 Å². The number of ether oxygens (including phenoxy) is 2. The van der Waals surface area contributed by atoms with Crippen LogP contribution in [0.4, 0.5) is 4.79 Å². The van der Waals surface area contributed by atoms with E-state index in [2.05, 4.69) is 0 Å². The number of fused-ring (bicyclic) bond motifs is 1. The van der Waals surface area contributed by atoms with Gasteiger partial charge in [0.2, 0.25) is 0 Å². The van der Waals surface area contributed by atoms with Crippen molar-refractivity contribution >= 4 is 12.4 Å². The minimum Gasteiger partial charge on any atom is -0.496 e. The highest BCUT2D eigenvalue weighted by molar-refractivity contribution is 5.75. The van der Waals surface area contributed by atoms with Crippen molar-refractivity contribution in [1.82, 2.24) is 4.90 Å². The van der Waals surface area contributed by atoms with Crippen molar-refractivity contribution in [3.05, 3.63) is 23.3 Å². The smallest absolute Gasteiger partial charge is 0.415 e. The largest absolute Gasteiger partial charge is 0.496 e. The molecule has 5 heteroatoms. The molecule has 0 aromatic heterocycles. The van der Waals surface area contributed by atoms with E-state index < -0.39 is 6.09 Å². The molecule has 1 aromatic rings. The van der Waals surface area contributed by atoms with Crippen molar-refractivity contribution in [1.29, 1.82) is 0 Å². The Labute approximate surface area is 98.9 Å². The first kappa shape index (κ1) is 11.4. The van der Waals surface area contributed by atoms with E-state index in [-0.39, 0.29) is 6.42 Å². The number of carbonyl (C=O) groups excluding carboxylic acids is 2. The Balaban J connectivity index is 2.52. The van der Waals surface area contributed by atoms with Gasteiger partial charge in [0, 0.05) is 24.6 Å². The maximum Gasteiger partial charge on any atom is 0.415 e. The van der Waals surface area contributed by atoms with Crippen LogP contribution in [0.15, 0.2) is 12.1 Å². The molecule has 0 radical (unpaired) electrons. The zero-order valence-corrected chi connectivity index (χ0v) is 9.73. The number of amides is 1. The Kier molecular flexibility index (Phi) is 2.99. The summed E-state index contributed by atoms with van der Waals surface area (Å²) >= 11 is 0. The molecule has 0 fully saturated rings. The molecule has 1 amide bonds. The van der Waals surface area contributed by atoms with E-state index in [1.54, 1.807) is 13.1 Å². The normalized spacial score (nSPS) is 14.0. The van der Waals surface area contributed by atoms with Gasteiger partial charge in [-0.25, -0.2) is 4.79 Å². The van der Waals surface area contributed by atoms with Gasteiger partial charge >= 0.3 is 6.09 Å². The van der Waals surface area contributed by atoms with Crippen molar-refractivity contribution in [2.75, 3.05) is 14.2 Å². The third-order valence-electron chi connectivity index (χ3n) is 2.71. The van der Waals surface area contributed by atoms with Gasteiger partial charge in [-0.15, -0.1) is 0 Å². The van der Waals surface area contributed by atoms with Crippen LogP contribution >= 0.6 is 0 Å². The van der Waals surface area contributed by atoms with Crippen LogP contribution in [-0.2, 0) is 17.8 Å². The Bertz CT molecular complexity index is 470. The zero-order chi connectivity index (χ0) is 12.4. The average molecular weight is 235 g/mol. The first-order valence-corrected chi connectivity index (χ1v) is 5.22. The van der Waals surface area contributed by atoms with Gasteiger partial charge in [0.15, 0.2) is 0 Å². The number of hydrogen-bond donors (Lipinski definition) is 0. The molecule has 2 rings (SSSR count). The van der Waals surface area contributed by atoms with Crippen molar-refractivity contribution in [2.24, 2.45) is 0 Å². The molecule has 1 aliphatic heterocycles. The van der Waals surface area contributed by atoms with Crippen LogP contribution in [0.25, 0.3) is 0 Å². The van der Waals surface area contributed by atoms with Crippen LogP contribution in [0.3, 0.4) is 0 Å². The number of rotatable bonds is 3. The Morgan fingerprint density at radius 1 is 1.53 bits per heavy atom. The molecular formula is C12H13NO4. The Morgan fingerprint density at radius 2 is 2.29 bits per heavy atom. The van der Waals surface area contributed by atoms with Crippen LogP contribution in [0.1, 0.15) is 11.1 Å². The molecule has 0 spiro atoms. The summed E-state index contributed by atoms with van der Waals surface area (Å²) in [7, 11) is 3.18. The minimum absolute atomic E-state index is 0.170. The summed E-state index contributed by atoms with van der Waals surface area (Å²) in [6.45, 7) is 0.476. The lowest BCUT2D eigenvalue weighted by molar-refractivity contribution is -0.107. The molecule has 0 atom stereocenters. The van der Waals surface area contributed by atoms with Crippen molar-refractivity contribution in [3.63, 3.8) is 0 Å². The van der Waals surface area contributed by atoms with E-state index in [1.807, 2.05) is 6.07 Å². The first-order chi connectivity index (χ1) is 8.17. The summed E-state index contributed by atoms with van der Waals surface area (Å²) < 4.78 is 10.4. The van der Waals surface area contributed by atoms with Gasteiger partial charge in [-0.3, -0.25) is 0 Å². The third-order valence-corrected chi connectivity index (χ3v) is 2.71. The van der Waals surface area contributed by atoms with E-state index >= 15 is 0 Å². The summed E-state index contributed by atoms with van der Waals surface area (Å²) in [6.07, 6.45) is 0.520. The summed E-state index contributed by atoms with van der Waals surface area (Å²) in [5.41, 5.74) is 1.51. The lowest BCUT2D eigenvalue weighted by Crippen LogP contribution is -2.34. The fraction of sp³-hybridized carbons (Fsp3) is 0.333. The van der Waals surface area contributed by atoms with E-state index in [4.69, 9.17) is 9.47 Å². The molecule has 0 saturated heterocycles. The maximum absolute atomic E-state index is 11.5. The predicted octanol–water partition coefficient (Wildman–Crippen LogP) is 1.38. The van der Waals surface area contributed by atoms with E-state index in [0.717, 1.165) is 11.8 Å². The van der Waals surface area contributed by atoms with E-state index in [0.29, 0.717) is 23.6 Å². The van der Waals surface area contributed by atoms with Crippen LogP contribution in [0.2, 0.25) is 0 Å². The molecule has 1 aliphatic rings. The number of hydrogen-bond acceptors (Lipinski definition) is 4. The van der Waals surface area contributed by atoms with Gasteiger partial charge in [-0.2, -0.15) is 0 Å². The second kappa shape index (κ2) is 4.45. The highest BCUT2D eigenvalue weighted by atomic mass is 16.6. The second-order valence-electron chi connectivity index (χ2n) is 3.83. The van der Waals surface area contributed by atoms with Gasteiger partial charge in [0.1, 0.15) is 17.8 Å². The Morgan fingerprint density at radius 3 is 2.94 bits per heavy atom. The van der Waals surface area contributed by atoms with Crippen molar-refractivity contribution in [3.8, 4) is 11.5 Å². The number of nitrogens with zero attached hydrogens (tertiary/aromatic N) is 1. The number of methoxy groups -OCH3 is 1. The molecule has 1 aromatic carbocycles. The molecule has 90 valence electrons. The first-order valence-electron chi connectivity index (χ1n) is 5.22. The highest BCUT2D eigenvalue weighted by Gasteiger charge is 2.25. The molecule has 0 unspecified atom stereocenters. The molecule has 0 aliphatic carbocycles. The van der Waals surface area contributed by atoms with Crippen LogP contribution < -0.4 is 9.47 Å². The summed E-state index contributed by atoms with van der Waals surface area (Å²) in [5, 5.41) is 0. The summed E-state index contributed by atoms with van der Waals surface area (Å²) in [5.74, 6) is 1.02. The zero-order valence-electron chi connectivity index (χ0n) is 9.73. The van der Waals surface area contributed by atoms with Gasteiger partial charge in [0.05, 0.1) is 13.7 Å². The van der Waals surface area contributed by atoms with Gasteiger partial charge < -0.3 is 19.2 Å². The fourth-order valence-electron chi connectivity index (χ4n) is 1.86. The number of carbonyl (C=O) groups is 2. The van der Waals surface area contributed by atoms with E-state index in [9.17, 15) is 9.59 Å². The molecule has 0 saturated carbocycles. The average Bonchev–Trinajstić information content (AvgIpc) is 2.32. The van der Waals surface area contributed by atoms with E-state index in [1.165, 1.54) is 12.0 Å². The highest BCUT2D eigenvalue weighted by Crippen LogP contribution is 2.35. The molecule has 0 bridgehead atoms. The van der Waals surface area contributed by atoms with Gasteiger partial charge in [0.25, 0.3) is 0 Å². The molecule has 1 heterocycles. The van der Waals surface area contributed by atoms with Gasteiger partial charge in [-0.05, 0) is 12.1 Å². The quantitative estimate of drug-likeness (QED) is 0.743. The predicted molar refractivity (Wildman–Crippen MR) is 60.3 cm³/mol. The van der Waals surface area contributed by atoms with Gasteiger partial charge in [-0.1, -0.05) is 0 Å². The minimum atomic E-state index is -0.419. The second-order valence-corrected chi connectivity index (χ2v) is 3.83. The molecule has 5 nitrogen and oxygen atoms in total. The molecule has 17 heavy (non-hydrogen) atoms. The van der Waals surface area contributed by atoms with Crippen LogP contribution in [-0.4, -0.2) is 31.4 Å². The number of aldehydes is 1. The maximum atomic E-state index is 11.5. The Hall–Kier alpha value is -2.04. The number of benzene rings is 1. The SMILES string of the molecule is COc1ccc2c(c1CC=O)OC(=O)N(C)C2. The monoisotopic (exact) mass is 235 g/mol. The van der Waals surface area contributed by atoms with Crippen LogP contribution in [0.5, 0.6) is 11.5 Å². The van der Waals surface area contributed by atoms with Crippen LogP contribution in [0, 0.1) is 0 Å². The van der Waals surface area contributed by atoms with Crippen molar-refractivity contribution in [2.45, 2.75) is 13.0 Å². The summed E-state index contributed by atoms with van der Waals surface area (Å²) in [6, 6.07) is 3.62. The fourth-order valence-corrected chi connectivity index (χ4v) is 1.86. The summed E-state index contributed by atoms with van der Waals surface area (Å²) in [4.78, 5) is 23.6.